The zero-order valence-electron chi connectivity index (χ0n) is 9.73. The van der Waals surface area contributed by atoms with Gasteiger partial charge in [0.1, 0.15) is 5.75 Å². The van der Waals surface area contributed by atoms with Gasteiger partial charge < -0.3 is 4.74 Å². The lowest BCUT2D eigenvalue weighted by molar-refractivity contribution is 0.345. The monoisotopic (exact) mass is 336 g/mol. The summed E-state index contributed by atoms with van der Waals surface area (Å²) in [5.74, 6) is 2.14. The Morgan fingerprint density at radius 2 is 2.06 bits per heavy atom. The molecule has 2 rings (SSSR count). The van der Waals surface area contributed by atoms with E-state index in [-0.39, 0.29) is 5.41 Å². The maximum atomic E-state index is 6.01. The highest BCUT2D eigenvalue weighted by molar-refractivity contribution is 9.10. The van der Waals surface area contributed by atoms with Crippen LogP contribution in [0.4, 0.5) is 0 Å². The summed E-state index contributed by atoms with van der Waals surface area (Å²) in [5.41, 5.74) is 2.40. The predicted octanol–water partition coefficient (Wildman–Crippen LogP) is 4.41. The summed E-state index contributed by atoms with van der Waals surface area (Å²) in [4.78, 5) is 0. The third-order valence-electron chi connectivity index (χ3n) is 3.09. The third kappa shape index (κ3) is 2.91. The standard InChI is InChI=1S/C13H15BrCl2O/c1-13(7-15,8-16)6-10-5-11(14)4-9-2-3-17-12(9)10/h4-5H,2-3,6-8H2,1H3. The van der Waals surface area contributed by atoms with Gasteiger partial charge in [-0.25, -0.2) is 0 Å². The molecule has 0 unspecified atom stereocenters. The van der Waals surface area contributed by atoms with Crippen LogP contribution < -0.4 is 4.74 Å². The largest absolute Gasteiger partial charge is 0.493 e. The maximum absolute atomic E-state index is 6.01. The van der Waals surface area contributed by atoms with Crippen LogP contribution in [0, 0.1) is 5.41 Å². The van der Waals surface area contributed by atoms with Gasteiger partial charge >= 0.3 is 0 Å². The summed E-state index contributed by atoms with van der Waals surface area (Å²) in [6, 6.07) is 4.24. The number of fused-ring (bicyclic) bond motifs is 1. The van der Waals surface area contributed by atoms with Crippen LogP contribution in [0.25, 0.3) is 0 Å². The number of halogens is 3. The Bertz CT molecular complexity index is 416. The predicted molar refractivity (Wildman–Crippen MR) is 76.6 cm³/mol. The van der Waals surface area contributed by atoms with Crippen LogP contribution in [0.5, 0.6) is 5.75 Å². The quantitative estimate of drug-likeness (QED) is 0.739. The number of hydrogen-bond donors (Lipinski definition) is 0. The second kappa shape index (κ2) is 5.38. The van der Waals surface area contributed by atoms with Crippen LogP contribution in [0.2, 0.25) is 0 Å². The lowest BCUT2D eigenvalue weighted by Crippen LogP contribution is -2.24. The van der Waals surface area contributed by atoms with Gasteiger partial charge in [0.05, 0.1) is 6.61 Å². The molecular formula is C13H15BrCl2O. The molecule has 0 amide bonds. The second-order valence-electron chi connectivity index (χ2n) is 4.91. The van der Waals surface area contributed by atoms with Crippen LogP contribution in [0.15, 0.2) is 16.6 Å². The second-order valence-corrected chi connectivity index (χ2v) is 6.36. The maximum Gasteiger partial charge on any atom is 0.125 e. The van der Waals surface area contributed by atoms with E-state index in [1.165, 1.54) is 11.1 Å². The Hall–Kier alpha value is 0.0800. The fraction of sp³-hybridized carbons (Fsp3) is 0.538. The Morgan fingerprint density at radius 3 is 2.71 bits per heavy atom. The van der Waals surface area contributed by atoms with Crippen molar-refractivity contribution in [3.63, 3.8) is 0 Å². The first kappa shape index (κ1) is 13.5. The number of alkyl halides is 2. The lowest BCUT2D eigenvalue weighted by atomic mass is 9.86. The average Bonchev–Trinajstić information content (AvgIpc) is 2.77. The Morgan fingerprint density at radius 1 is 1.35 bits per heavy atom. The molecule has 0 saturated carbocycles. The first-order valence-electron chi connectivity index (χ1n) is 5.64. The van der Waals surface area contributed by atoms with Crippen molar-refractivity contribution in [2.75, 3.05) is 18.4 Å². The molecule has 0 atom stereocenters. The van der Waals surface area contributed by atoms with Gasteiger partial charge in [0.25, 0.3) is 0 Å². The highest BCUT2D eigenvalue weighted by atomic mass is 79.9. The minimum atomic E-state index is -0.0797. The highest BCUT2D eigenvalue weighted by Gasteiger charge is 2.27. The molecule has 1 heterocycles. The van der Waals surface area contributed by atoms with Crippen molar-refractivity contribution in [3.05, 3.63) is 27.7 Å². The summed E-state index contributed by atoms with van der Waals surface area (Å²) >= 11 is 15.6. The Labute approximate surface area is 121 Å². The van der Waals surface area contributed by atoms with Crippen molar-refractivity contribution in [1.82, 2.24) is 0 Å². The SMILES string of the molecule is CC(CCl)(CCl)Cc1cc(Br)cc2c1OCC2. The topological polar surface area (TPSA) is 9.23 Å². The van der Waals surface area contributed by atoms with Crippen LogP contribution >= 0.6 is 39.1 Å². The molecule has 0 bridgehead atoms. The Balaban J connectivity index is 2.33. The molecule has 17 heavy (non-hydrogen) atoms. The molecule has 0 saturated heterocycles. The summed E-state index contributed by atoms with van der Waals surface area (Å²) in [7, 11) is 0. The van der Waals surface area contributed by atoms with E-state index >= 15 is 0 Å². The molecule has 1 aliphatic rings. The normalized spacial score (nSPS) is 14.6. The smallest absolute Gasteiger partial charge is 0.125 e. The van der Waals surface area contributed by atoms with E-state index in [4.69, 9.17) is 27.9 Å². The number of ether oxygens (including phenoxy) is 1. The fourth-order valence-electron chi connectivity index (χ4n) is 2.07. The van der Waals surface area contributed by atoms with Gasteiger partial charge in [-0.15, -0.1) is 23.2 Å². The van der Waals surface area contributed by atoms with Crippen molar-refractivity contribution >= 4 is 39.1 Å². The molecule has 0 aliphatic carbocycles. The molecule has 1 aromatic carbocycles. The van der Waals surface area contributed by atoms with Crippen LogP contribution in [-0.2, 0) is 12.8 Å². The van der Waals surface area contributed by atoms with E-state index in [0.29, 0.717) is 11.8 Å². The molecule has 0 fully saturated rings. The van der Waals surface area contributed by atoms with Gasteiger partial charge in [-0.2, -0.15) is 0 Å². The first-order valence-corrected chi connectivity index (χ1v) is 7.50. The molecule has 0 N–H and O–H groups in total. The molecule has 0 radical (unpaired) electrons. The summed E-state index contributed by atoms with van der Waals surface area (Å²) < 4.78 is 6.81. The number of hydrogen-bond acceptors (Lipinski definition) is 1. The van der Waals surface area contributed by atoms with E-state index in [0.717, 1.165) is 29.7 Å². The van der Waals surface area contributed by atoms with E-state index in [2.05, 4.69) is 35.0 Å². The number of rotatable bonds is 4. The van der Waals surface area contributed by atoms with Gasteiger partial charge in [-0.3, -0.25) is 0 Å². The third-order valence-corrected chi connectivity index (χ3v) is 4.84. The van der Waals surface area contributed by atoms with Gasteiger partial charge in [0, 0.05) is 22.7 Å². The summed E-state index contributed by atoms with van der Waals surface area (Å²) in [6.45, 7) is 2.88. The van der Waals surface area contributed by atoms with Gasteiger partial charge in [-0.05, 0) is 35.1 Å². The van der Waals surface area contributed by atoms with Crippen molar-refractivity contribution in [2.45, 2.75) is 19.8 Å². The van der Waals surface area contributed by atoms with Gasteiger partial charge in [-0.1, -0.05) is 22.9 Å². The van der Waals surface area contributed by atoms with Crippen molar-refractivity contribution < 1.29 is 4.74 Å². The number of benzene rings is 1. The average molecular weight is 338 g/mol. The zero-order valence-corrected chi connectivity index (χ0v) is 12.8. The van der Waals surface area contributed by atoms with Gasteiger partial charge in [0.15, 0.2) is 0 Å². The molecule has 1 aromatic rings. The minimum absolute atomic E-state index is 0.0797. The highest BCUT2D eigenvalue weighted by Crippen LogP contribution is 2.37. The van der Waals surface area contributed by atoms with Crippen molar-refractivity contribution in [2.24, 2.45) is 5.41 Å². The van der Waals surface area contributed by atoms with Crippen LogP contribution in [-0.4, -0.2) is 18.4 Å². The zero-order chi connectivity index (χ0) is 12.5. The fourth-order valence-corrected chi connectivity index (χ4v) is 3.09. The molecule has 4 heteroatoms. The molecule has 0 spiro atoms. The van der Waals surface area contributed by atoms with Crippen LogP contribution in [0.3, 0.4) is 0 Å². The minimum Gasteiger partial charge on any atom is -0.493 e. The van der Waals surface area contributed by atoms with Gasteiger partial charge in [0.2, 0.25) is 0 Å². The summed E-state index contributed by atoms with van der Waals surface area (Å²) in [5, 5.41) is 0. The van der Waals surface area contributed by atoms with Crippen molar-refractivity contribution in [3.8, 4) is 5.75 Å². The Kier molecular flexibility index (Phi) is 4.27. The van der Waals surface area contributed by atoms with E-state index in [1.54, 1.807) is 0 Å². The van der Waals surface area contributed by atoms with E-state index in [9.17, 15) is 0 Å². The first-order chi connectivity index (χ1) is 8.08. The van der Waals surface area contributed by atoms with Crippen molar-refractivity contribution in [1.29, 1.82) is 0 Å². The molecule has 0 aromatic heterocycles. The molecule has 1 nitrogen and oxygen atoms in total. The molecule has 1 aliphatic heterocycles. The van der Waals surface area contributed by atoms with Crippen LogP contribution in [0.1, 0.15) is 18.1 Å². The lowest BCUT2D eigenvalue weighted by Gasteiger charge is -2.25. The van der Waals surface area contributed by atoms with E-state index < -0.39 is 0 Å². The van der Waals surface area contributed by atoms with E-state index in [1.807, 2.05) is 0 Å². The summed E-state index contributed by atoms with van der Waals surface area (Å²) in [6.07, 6.45) is 1.84. The molecular weight excluding hydrogens is 323 g/mol. The molecule has 94 valence electrons.